The van der Waals surface area contributed by atoms with E-state index in [0.29, 0.717) is 18.2 Å². The molecule has 8 heteroatoms. The van der Waals surface area contributed by atoms with Crippen LogP contribution in [-0.2, 0) is 16.1 Å². The minimum atomic E-state index is 0.0808. The molecule has 1 aliphatic heterocycles. The summed E-state index contributed by atoms with van der Waals surface area (Å²) >= 11 is 1.46. The highest BCUT2D eigenvalue weighted by molar-refractivity contribution is 7.99. The third-order valence-corrected chi connectivity index (χ3v) is 9.90. The first-order chi connectivity index (χ1) is 16.3. The Morgan fingerprint density at radius 3 is 2.65 bits per heavy atom. The Balaban J connectivity index is 1.29. The maximum atomic E-state index is 13.0. The lowest BCUT2D eigenvalue weighted by atomic mass is 9.69. The summed E-state index contributed by atoms with van der Waals surface area (Å²) in [6.07, 6.45) is 5.83. The Labute approximate surface area is 206 Å². The van der Waals surface area contributed by atoms with Gasteiger partial charge in [-0.05, 0) is 73.1 Å². The van der Waals surface area contributed by atoms with Crippen molar-refractivity contribution in [2.75, 3.05) is 19.5 Å². The van der Waals surface area contributed by atoms with E-state index in [4.69, 9.17) is 9.47 Å². The van der Waals surface area contributed by atoms with Crippen molar-refractivity contribution < 1.29 is 14.3 Å². The molecule has 2 saturated carbocycles. The van der Waals surface area contributed by atoms with Gasteiger partial charge in [0.05, 0.1) is 25.5 Å². The van der Waals surface area contributed by atoms with Gasteiger partial charge in [-0.25, -0.2) is 0 Å². The minimum Gasteiger partial charge on any atom is -0.497 e. The van der Waals surface area contributed by atoms with E-state index in [1.807, 2.05) is 24.3 Å². The number of aromatic nitrogens is 3. The number of thioether (sulfide) groups is 1. The number of nitrogens with one attached hydrogen (secondary N) is 1. The van der Waals surface area contributed by atoms with Crippen molar-refractivity contribution in [3.05, 3.63) is 24.3 Å². The quantitative estimate of drug-likeness (QED) is 0.554. The van der Waals surface area contributed by atoms with Crippen LogP contribution in [0.5, 0.6) is 5.75 Å². The average Bonchev–Trinajstić information content (AvgIpc) is 3.57. The number of amides is 1. The zero-order valence-electron chi connectivity index (χ0n) is 20.7. The van der Waals surface area contributed by atoms with Crippen LogP contribution in [-0.4, -0.2) is 52.3 Å². The van der Waals surface area contributed by atoms with Crippen LogP contribution in [0.4, 0.5) is 0 Å². The Kier molecular flexibility index (Phi) is 6.40. The van der Waals surface area contributed by atoms with E-state index in [1.54, 1.807) is 7.11 Å². The fourth-order valence-electron chi connectivity index (χ4n) is 6.29. The van der Waals surface area contributed by atoms with E-state index in [9.17, 15) is 4.79 Å². The van der Waals surface area contributed by atoms with E-state index in [0.717, 1.165) is 48.2 Å². The van der Waals surface area contributed by atoms with Crippen LogP contribution in [0.2, 0.25) is 0 Å². The zero-order valence-corrected chi connectivity index (χ0v) is 21.5. The molecule has 1 aromatic heterocycles. The monoisotopic (exact) mass is 484 g/mol. The minimum absolute atomic E-state index is 0.0808. The number of rotatable bonds is 8. The van der Waals surface area contributed by atoms with Crippen molar-refractivity contribution in [1.29, 1.82) is 0 Å². The van der Waals surface area contributed by atoms with E-state index in [-0.39, 0.29) is 28.9 Å². The maximum absolute atomic E-state index is 13.0. The number of carbonyl (C=O) groups excluding carboxylic acids is 1. The van der Waals surface area contributed by atoms with E-state index in [1.165, 1.54) is 24.6 Å². The van der Waals surface area contributed by atoms with Crippen molar-refractivity contribution in [2.45, 2.75) is 76.7 Å². The Hall–Kier alpha value is -2.06. The summed E-state index contributed by atoms with van der Waals surface area (Å²) in [5.74, 6) is 2.72. The SMILES string of the molecule is COc1ccc(-c2nnc(SCC(=O)NC3CC4CCC3(C)C4(C)C)n2CC2CCCO2)cc1. The summed E-state index contributed by atoms with van der Waals surface area (Å²) in [7, 11) is 1.66. The van der Waals surface area contributed by atoms with Crippen LogP contribution in [0.15, 0.2) is 29.4 Å². The second-order valence-electron chi connectivity index (χ2n) is 10.8. The first kappa shape index (κ1) is 23.7. The number of benzene rings is 1. The third-order valence-electron chi connectivity index (χ3n) is 8.94. The van der Waals surface area contributed by atoms with Gasteiger partial charge in [-0.3, -0.25) is 9.36 Å². The van der Waals surface area contributed by atoms with Crippen molar-refractivity contribution >= 4 is 17.7 Å². The first-order valence-corrected chi connectivity index (χ1v) is 13.4. The molecule has 34 heavy (non-hydrogen) atoms. The number of ether oxygens (including phenoxy) is 2. The Morgan fingerprint density at radius 2 is 2.03 bits per heavy atom. The topological polar surface area (TPSA) is 78.3 Å². The van der Waals surface area contributed by atoms with E-state index in [2.05, 4.69) is 40.9 Å². The summed E-state index contributed by atoms with van der Waals surface area (Å²) in [5.41, 5.74) is 1.44. The van der Waals surface area contributed by atoms with Crippen LogP contribution >= 0.6 is 11.8 Å². The van der Waals surface area contributed by atoms with Gasteiger partial charge in [0.2, 0.25) is 5.91 Å². The van der Waals surface area contributed by atoms with Gasteiger partial charge in [-0.1, -0.05) is 32.5 Å². The second kappa shape index (κ2) is 9.19. The predicted molar refractivity (Wildman–Crippen MR) is 133 cm³/mol. The number of hydrogen-bond acceptors (Lipinski definition) is 6. The molecule has 1 N–H and O–H groups in total. The highest BCUT2D eigenvalue weighted by Crippen LogP contribution is 2.65. The van der Waals surface area contributed by atoms with Gasteiger partial charge in [0.25, 0.3) is 0 Å². The number of hydrogen-bond donors (Lipinski definition) is 1. The summed E-state index contributed by atoms with van der Waals surface area (Å²) in [6.45, 7) is 8.60. The molecule has 2 aromatic rings. The first-order valence-electron chi connectivity index (χ1n) is 12.4. The smallest absolute Gasteiger partial charge is 0.230 e. The molecule has 3 aliphatic rings. The number of fused-ring (bicyclic) bond motifs is 2. The second-order valence-corrected chi connectivity index (χ2v) is 11.7. The van der Waals surface area contributed by atoms with Gasteiger partial charge in [-0.2, -0.15) is 0 Å². The Bertz CT molecular complexity index is 1030. The highest BCUT2D eigenvalue weighted by Gasteiger charge is 2.61. The van der Waals surface area contributed by atoms with Crippen molar-refractivity contribution in [2.24, 2.45) is 16.7 Å². The fraction of sp³-hybridized carbons (Fsp3) is 0.654. The summed E-state index contributed by atoms with van der Waals surface area (Å²) < 4.78 is 13.3. The van der Waals surface area contributed by atoms with Crippen LogP contribution in [0.25, 0.3) is 11.4 Å². The van der Waals surface area contributed by atoms with E-state index < -0.39 is 0 Å². The molecule has 1 aromatic carbocycles. The highest BCUT2D eigenvalue weighted by atomic mass is 32.2. The molecule has 2 bridgehead atoms. The Morgan fingerprint density at radius 1 is 1.24 bits per heavy atom. The normalized spacial score (nSPS) is 29.5. The molecule has 4 atom stereocenters. The predicted octanol–water partition coefficient (Wildman–Crippen LogP) is 4.56. The number of methoxy groups -OCH3 is 1. The van der Waals surface area contributed by atoms with Gasteiger partial charge < -0.3 is 14.8 Å². The molecule has 1 amide bonds. The summed E-state index contributed by atoms with van der Waals surface area (Å²) in [4.78, 5) is 13.0. The molecule has 1 saturated heterocycles. The molecule has 2 aliphatic carbocycles. The van der Waals surface area contributed by atoms with Gasteiger partial charge in [0.15, 0.2) is 11.0 Å². The van der Waals surface area contributed by atoms with Gasteiger partial charge >= 0.3 is 0 Å². The average molecular weight is 485 g/mol. The molecule has 2 heterocycles. The lowest BCUT2D eigenvalue weighted by Gasteiger charge is -2.39. The molecule has 4 unspecified atom stereocenters. The van der Waals surface area contributed by atoms with Crippen LogP contribution in [0.1, 0.15) is 52.9 Å². The van der Waals surface area contributed by atoms with Gasteiger partial charge in [0, 0.05) is 18.2 Å². The lowest BCUT2D eigenvalue weighted by Crippen LogP contribution is -2.47. The van der Waals surface area contributed by atoms with Crippen molar-refractivity contribution in [3.63, 3.8) is 0 Å². The number of carbonyl (C=O) groups is 1. The van der Waals surface area contributed by atoms with Gasteiger partial charge in [0.1, 0.15) is 5.75 Å². The molecular weight excluding hydrogens is 448 g/mol. The standard InChI is InChI=1S/C26H36N4O3S/c1-25(2)18-11-12-26(25,3)21(14-18)27-22(31)16-34-24-29-28-23(17-7-9-19(32-4)10-8-17)30(24)15-20-6-5-13-33-20/h7-10,18,20-21H,5-6,11-16H2,1-4H3,(H,27,31). The maximum Gasteiger partial charge on any atom is 0.230 e. The molecule has 3 fully saturated rings. The summed E-state index contributed by atoms with van der Waals surface area (Å²) in [6, 6.07) is 8.10. The van der Waals surface area contributed by atoms with Crippen LogP contribution in [0, 0.1) is 16.7 Å². The molecule has 7 nitrogen and oxygen atoms in total. The molecule has 0 radical (unpaired) electrons. The molecular formula is C26H36N4O3S. The van der Waals surface area contributed by atoms with E-state index >= 15 is 0 Å². The van der Waals surface area contributed by atoms with Gasteiger partial charge in [-0.15, -0.1) is 10.2 Å². The fourth-order valence-corrected chi connectivity index (χ4v) is 7.05. The zero-order chi connectivity index (χ0) is 23.9. The van der Waals surface area contributed by atoms with Crippen molar-refractivity contribution in [1.82, 2.24) is 20.1 Å². The molecule has 0 spiro atoms. The van der Waals surface area contributed by atoms with Crippen LogP contribution < -0.4 is 10.1 Å². The summed E-state index contributed by atoms with van der Waals surface area (Å²) in [5, 5.41) is 13.1. The third kappa shape index (κ3) is 4.13. The number of nitrogens with zero attached hydrogens (tertiary/aromatic N) is 3. The largest absolute Gasteiger partial charge is 0.497 e. The lowest BCUT2D eigenvalue weighted by molar-refractivity contribution is -0.120. The van der Waals surface area contributed by atoms with Crippen LogP contribution in [0.3, 0.4) is 0 Å². The molecule has 5 rings (SSSR count). The molecule has 184 valence electrons. The van der Waals surface area contributed by atoms with Crippen molar-refractivity contribution in [3.8, 4) is 17.1 Å².